The van der Waals surface area contributed by atoms with Crippen molar-refractivity contribution >= 4 is 23.6 Å². The number of carbonyl (C=O) groups excluding carboxylic acids is 4. The maximum atomic E-state index is 13.2. The van der Waals surface area contributed by atoms with Crippen LogP contribution in [0.5, 0.6) is 0 Å². The zero-order valence-electron chi connectivity index (χ0n) is 35.1. The van der Waals surface area contributed by atoms with Crippen LogP contribution in [0.15, 0.2) is 0 Å². The van der Waals surface area contributed by atoms with E-state index in [4.69, 9.17) is 0 Å². The first-order valence-corrected chi connectivity index (χ1v) is 20.0. The molecule has 3 aliphatic carbocycles. The quantitative estimate of drug-likeness (QED) is 0.234. The molecule has 4 saturated heterocycles. The van der Waals surface area contributed by atoms with Crippen LogP contribution in [0.3, 0.4) is 0 Å². The zero-order chi connectivity index (χ0) is 42.1. The smallest absolute Gasteiger partial charge is 0.265 e. The van der Waals surface area contributed by atoms with Gasteiger partial charge in [0.2, 0.25) is 23.6 Å². The molecule has 55 heavy (non-hydrogen) atoms. The molecule has 7 fully saturated rings. The SMILES string of the molecule is CC(C)(C)C(=O)N1CC2C(C1)C2(F)F.CC(C)(C)C(=O)N1CC2CC1CC2(F)F.CC(C)(C)C(=O)N1CC2CC2C1.CC(C)(C)C(=O)N1CCCC(F)(F)C1. The Morgan fingerprint density at radius 1 is 0.545 bits per heavy atom. The Balaban J connectivity index is 0.000000164. The predicted molar refractivity (Wildman–Crippen MR) is 198 cm³/mol. The fourth-order valence-electron chi connectivity index (χ4n) is 8.38. The molecule has 6 unspecified atom stereocenters. The van der Waals surface area contributed by atoms with Gasteiger partial charge < -0.3 is 19.6 Å². The summed E-state index contributed by atoms with van der Waals surface area (Å²) >= 11 is 0. The molecule has 0 aromatic heterocycles. The second-order valence-electron chi connectivity index (χ2n) is 21.3. The molecule has 8 nitrogen and oxygen atoms in total. The molecule has 7 aliphatic rings. The van der Waals surface area contributed by atoms with Gasteiger partial charge in [0.05, 0.1) is 18.4 Å². The van der Waals surface area contributed by atoms with Gasteiger partial charge in [0.1, 0.15) is 0 Å². The van der Waals surface area contributed by atoms with E-state index in [0.717, 1.165) is 24.9 Å². The minimum absolute atomic E-state index is 0.00509. The normalized spacial score (nSPS) is 30.8. The van der Waals surface area contributed by atoms with E-state index in [0.29, 0.717) is 25.3 Å². The van der Waals surface area contributed by atoms with Gasteiger partial charge in [-0.25, -0.2) is 26.3 Å². The number of halogens is 6. The molecule has 4 heterocycles. The molecule has 3 saturated carbocycles. The van der Waals surface area contributed by atoms with Crippen molar-refractivity contribution in [3.05, 3.63) is 0 Å². The van der Waals surface area contributed by atoms with Crippen molar-refractivity contribution in [2.75, 3.05) is 45.8 Å². The van der Waals surface area contributed by atoms with Crippen LogP contribution in [0.4, 0.5) is 26.3 Å². The Bertz CT molecular complexity index is 1440. The lowest BCUT2D eigenvalue weighted by molar-refractivity contribution is -0.149. The number of hydrogen-bond acceptors (Lipinski definition) is 4. The average molecular weight is 793 g/mol. The number of alkyl halides is 6. The Morgan fingerprint density at radius 2 is 0.964 bits per heavy atom. The van der Waals surface area contributed by atoms with E-state index in [1.807, 2.05) is 67.2 Å². The monoisotopic (exact) mass is 792 g/mol. The fraction of sp³-hybridized carbons (Fsp3) is 0.902. The lowest BCUT2D eigenvalue weighted by Crippen LogP contribution is -2.49. The first-order chi connectivity index (χ1) is 24.7. The minimum atomic E-state index is -2.70. The maximum absolute atomic E-state index is 13.2. The number of amides is 4. The zero-order valence-corrected chi connectivity index (χ0v) is 35.1. The highest BCUT2D eigenvalue weighted by molar-refractivity contribution is 5.83. The summed E-state index contributed by atoms with van der Waals surface area (Å²) in [6.07, 6.45) is 2.01. The van der Waals surface area contributed by atoms with E-state index in [-0.39, 0.29) is 61.7 Å². The lowest BCUT2D eigenvalue weighted by atomic mass is 9.93. The van der Waals surface area contributed by atoms with Gasteiger partial charge in [0.15, 0.2) is 0 Å². The molecule has 0 radical (unpaired) electrons. The summed E-state index contributed by atoms with van der Waals surface area (Å²) in [6.45, 7) is 25.0. The van der Waals surface area contributed by atoms with Gasteiger partial charge in [0, 0.05) is 85.7 Å². The second kappa shape index (κ2) is 15.0. The Hall–Kier alpha value is -2.54. The topological polar surface area (TPSA) is 81.2 Å². The van der Waals surface area contributed by atoms with Crippen LogP contribution in [-0.4, -0.2) is 113 Å². The number of piperidine rings is 4. The lowest BCUT2D eigenvalue weighted by Gasteiger charge is -2.36. The fourth-order valence-corrected chi connectivity index (χ4v) is 8.38. The summed E-state index contributed by atoms with van der Waals surface area (Å²) in [4.78, 5) is 53.7. The van der Waals surface area contributed by atoms with Gasteiger partial charge in [-0.15, -0.1) is 0 Å². The molecule has 316 valence electrons. The van der Waals surface area contributed by atoms with E-state index in [1.165, 1.54) is 11.3 Å². The van der Waals surface area contributed by atoms with Gasteiger partial charge in [-0.1, -0.05) is 83.1 Å². The van der Waals surface area contributed by atoms with Crippen LogP contribution < -0.4 is 0 Å². The number of nitrogens with zero attached hydrogens (tertiary/aromatic N) is 4. The summed E-state index contributed by atoms with van der Waals surface area (Å²) in [5.41, 5.74) is -1.66. The molecule has 4 aliphatic heterocycles. The molecular weight excluding hydrogens is 726 g/mol. The van der Waals surface area contributed by atoms with Crippen molar-refractivity contribution in [2.24, 2.45) is 51.2 Å². The maximum Gasteiger partial charge on any atom is 0.265 e. The molecule has 4 amide bonds. The number of hydrogen-bond donors (Lipinski definition) is 0. The first kappa shape index (κ1) is 45.2. The predicted octanol–water partition coefficient (Wildman–Crippen LogP) is 7.85. The van der Waals surface area contributed by atoms with Crippen LogP contribution in [-0.2, 0) is 19.2 Å². The molecule has 6 atom stereocenters. The van der Waals surface area contributed by atoms with Gasteiger partial charge in [-0.2, -0.15) is 0 Å². The van der Waals surface area contributed by atoms with Crippen LogP contribution in [0, 0.1) is 51.2 Å². The van der Waals surface area contributed by atoms with Crippen LogP contribution in [0.25, 0.3) is 0 Å². The van der Waals surface area contributed by atoms with Gasteiger partial charge >= 0.3 is 0 Å². The third-order valence-electron chi connectivity index (χ3n) is 11.8. The molecule has 0 spiro atoms. The van der Waals surface area contributed by atoms with Gasteiger partial charge in [0.25, 0.3) is 17.8 Å². The summed E-state index contributed by atoms with van der Waals surface area (Å²) < 4.78 is 78.2. The highest BCUT2D eigenvalue weighted by atomic mass is 19.3. The molecule has 0 aromatic rings. The van der Waals surface area contributed by atoms with E-state index >= 15 is 0 Å². The van der Waals surface area contributed by atoms with Crippen molar-refractivity contribution in [3.63, 3.8) is 0 Å². The highest BCUT2D eigenvalue weighted by Gasteiger charge is 2.72. The van der Waals surface area contributed by atoms with E-state index in [9.17, 15) is 45.5 Å². The molecule has 14 heteroatoms. The third-order valence-corrected chi connectivity index (χ3v) is 11.8. The van der Waals surface area contributed by atoms with E-state index < -0.39 is 58.3 Å². The summed E-state index contributed by atoms with van der Waals surface area (Å²) in [5, 5.41) is 0. The first-order valence-electron chi connectivity index (χ1n) is 20.0. The standard InChI is InChI=1S/C11H17F2NO.C10H15F2NO.C10H17F2NO.C10H17NO/c1-10(2,3)9(15)14-6-7-4-8(14)5-11(7,12)13;1-9(2,3)8(14)13-4-6-7(5-13)10(6,11)12;1-9(2,3)8(14)13-6-4-5-10(11,12)7-13;1-10(2,3)9(12)11-5-7-4-8(7)6-11/h7-8H,4-6H2,1-3H3;6-7H,4-5H2,1-3H3;4-7H2,1-3H3;7-8H,4-6H2,1-3H3. The van der Waals surface area contributed by atoms with E-state index in [2.05, 4.69) is 0 Å². The number of carbonyl (C=O) groups is 4. The Kier molecular flexibility index (Phi) is 12.3. The van der Waals surface area contributed by atoms with Crippen molar-refractivity contribution in [2.45, 2.75) is 139 Å². The van der Waals surface area contributed by atoms with E-state index in [1.54, 1.807) is 30.6 Å². The van der Waals surface area contributed by atoms with Crippen LogP contribution >= 0.6 is 0 Å². The molecular formula is C41H66F6N4O4. The second-order valence-corrected chi connectivity index (χ2v) is 21.3. The van der Waals surface area contributed by atoms with Crippen molar-refractivity contribution < 1.29 is 45.5 Å². The van der Waals surface area contributed by atoms with Crippen LogP contribution in [0.2, 0.25) is 0 Å². The Labute approximate surface area is 324 Å². The van der Waals surface area contributed by atoms with Gasteiger partial charge in [-0.3, -0.25) is 19.2 Å². The van der Waals surface area contributed by atoms with Gasteiger partial charge in [-0.05, 0) is 31.1 Å². The Morgan fingerprint density at radius 3 is 1.33 bits per heavy atom. The number of rotatable bonds is 0. The van der Waals surface area contributed by atoms with Crippen molar-refractivity contribution in [1.82, 2.24) is 19.6 Å². The summed E-state index contributed by atoms with van der Waals surface area (Å²) in [5.74, 6) is -7.60. The number of fused-ring (bicyclic) bond motifs is 4. The average Bonchev–Trinajstić information content (AvgIpc) is 3.47. The molecule has 0 aromatic carbocycles. The minimum Gasteiger partial charge on any atom is -0.342 e. The van der Waals surface area contributed by atoms with Crippen molar-refractivity contribution in [1.29, 1.82) is 0 Å². The summed E-state index contributed by atoms with van der Waals surface area (Å²) in [7, 11) is 0. The largest absolute Gasteiger partial charge is 0.342 e. The molecule has 0 N–H and O–H groups in total. The number of likely N-dealkylation sites (tertiary alicyclic amines) is 4. The highest BCUT2D eigenvalue weighted by Crippen LogP contribution is 2.59. The van der Waals surface area contributed by atoms with Crippen LogP contribution in [0.1, 0.15) is 115 Å². The molecule has 7 rings (SSSR count). The summed E-state index contributed by atoms with van der Waals surface area (Å²) in [6, 6.07) is -0.225. The molecule has 2 bridgehead atoms. The third kappa shape index (κ3) is 10.7. The van der Waals surface area contributed by atoms with Crippen molar-refractivity contribution in [3.8, 4) is 0 Å².